The molecular formula is C15H25NOS. The average molecular weight is 267 g/mol. The largest absolute Gasteiger partial charge is 0.348 e. The van der Waals surface area contributed by atoms with Crippen molar-refractivity contribution in [3.63, 3.8) is 0 Å². The van der Waals surface area contributed by atoms with Gasteiger partial charge in [0.25, 0.3) is 0 Å². The second-order valence-corrected chi connectivity index (χ2v) is 6.26. The number of ketones is 1. The van der Waals surface area contributed by atoms with E-state index < -0.39 is 0 Å². The topological polar surface area (TPSA) is 20.3 Å². The lowest BCUT2D eigenvalue weighted by atomic mass is 9.72. The summed E-state index contributed by atoms with van der Waals surface area (Å²) in [5, 5.41) is 0. The van der Waals surface area contributed by atoms with E-state index in [2.05, 4.69) is 38.7 Å². The summed E-state index contributed by atoms with van der Waals surface area (Å²) in [5.74, 6) is 0.731. The molecule has 18 heavy (non-hydrogen) atoms. The molecule has 102 valence electrons. The van der Waals surface area contributed by atoms with Gasteiger partial charge >= 0.3 is 0 Å². The first kappa shape index (κ1) is 15.4. The summed E-state index contributed by atoms with van der Waals surface area (Å²) in [4.78, 5) is 15.0. The number of thiocarbonyl (C=S) groups is 1. The zero-order valence-electron chi connectivity index (χ0n) is 12.2. The van der Waals surface area contributed by atoms with Crippen LogP contribution in [0.1, 0.15) is 53.9 Å². The quantitative estimate of drug-likeness (QED) is 0.559. The molecule has 0 amide bonds. The van der Waals surface area contributed by atoms with E-state index in [0.29, 0.717) is 5.92 Å². The van der Waals surface area contributed by atoms with E-state index in [4.69, 9.17) is 12.2 Å². The van der Waals surface area contributed by atoms with Gasteiger partial charge < -0.3 is 4.90 Å². The van der Waals surface area contributed by atoms with Crippen molar-refractivity contribution in [1.29, 1.82) is 0 Å². The third kappa shape index (κ3) is 3.00. The van der Waals surface area contributed by atoms with Crippen LogP contribution in [0.4, 0.5) is 0 Å². The van der Waals surface area contributed by atoms with Gasteiger partial charge in [-0.15, -0.1) is 0 Å². The molecule has 0 unspecified atom stereocenters. The second kappa shape index (κ2) is 5.96. The van der Waals surface area contributed by atoms with Gasteiger partial charge in [0.05, 0.1) is 5.54 Å². The van der Waals surface area contributed by atoms with Gasteiger partial charge in [0, 0.05) is 6.04 Å². The Labute approximate surface area is 116 Å². The van der Waals surface area contributed by atoms with Crippen molar-refractivity contribution in [3.8, 4) is 0 Å². The number of hydrogen-bond donors (Lipinski definition) is 0. The molecular weight excluding hydrogens is 242 g/mol. The molecule has 0 N–H and O–H groups in total. The van der Waals surface area contributed by atoms with E-state index in [9.17, 15) is 4.79 Å². The SMILES string of the molecule is CC(=O)C1(N(C(=S)/C=C/C(C)C)C(C)C)CCC1. The fourth-order valence-electron chi connectivity index (χ4n) is 2.59. The Kier molecular flexibility index (Phi) is 5.09. The Morgan fingerprint density at radius 2 is 1.83 bits per heavy atom. The van der Waals surface area contributed by atoms with Crippen LogP contribution in [0.3, 0.4) is 0 Å². The van der Waals surface area contributed by atoms with E-state index in [1.165, 1.54) is 0 Å². The first-order chi connectivity index (χ1) is 8.31. The van der Waals surface area contributed by atoms with E-state index in [1.807, 2.05) is 6.08 Å². The van der Waals surface area contributed by atoms with Crippen molar-refractivity contribution < 1.29 is 4.79 Å². The lowest BCUT2D eigenvalue weighted by Gasteiger charge is -2.51. The molecule has 1 aliphatic carbocycles. The maximum Gasteiger partial charge on any atom is 0.155 e. The number of rotatable bonds is 5. The predicted molar refractivity (Wildman–Crippen MR) is 80.8 cm³/mol. The normalized spacial score (nSPS) is 18.2. The highest BCUT2D eigenvalue weighted by atomic mass is 32.1. The van der Waals surface area contributed by atoms with Crippen molar-refractivity contribution in [2.75, 3.05) is 0 Å². The van der Waals surface area contributed by atoms with Gasteiger partial charge in [0.2, 0.25) is 0 Å². The van der Waals surface area contributed by atoms with Crippen LogP contribution in [0.2, 0.25) is 0 Å². The van der Waals surface area contributed by atoms with Crippen LogP contribution < -0.4 is 0 Å². The maximum atomic E-state index is 12.0. The maximum absolute atomic E-state index is 12.0. The fourth-order valence-corrected chi connectivity index (χ4v) is 3.05. The molecule has 0 atom stereocenters. The second-order valence-electron chi connectivity index (χ2n) is 5.85. The summed E-state index contributed by atoms with van der Waals surface area (Å²) < 4.78 is 0. The van der Waals surface area contributed by atoms with Gasteiger partial charge in [-0.2, -0.15) is 0 Å². The van der Waals surface area contributed by atoms with Gasteiger partial charge in [0.1, 0.15) is 4.99 Å². The van der Waals surface area contributed by atoms with E-state index in [-0.39, 0.29) is 17.4 Å². The van der Waals surface area contributed by atoms with Crippen LogP contribution in [0, 0.1) is 5.92 Å². The Balaban J connectivity index is 2.96. The number of Topliss-reactive ketones (excluding diaryl/α,β-unsaturated/α-hetero) is 1. The third-order valence-electron chi connectivity index (χ3n) is 3.67. The number of carbonyl (C=O) groups is 1. The van der Waals surface area contributed by atoms with Crippen LogP contribution in [-0.4, -0.2) is 27.3 Å². The molecule has 1 aliphatic rings. The first-order valence-electron chi connectivity index (χ1n) is 6.84. The van der Waals surface area contributed by atoms with Crippen LogP contribution in [0.15, 0.2) is 12.2 Å². The Bertz CT molecular complexity index is 354. The molecule has 0 bridgehead atoms. The number of nitrogens with zero attached hydrogens (tertiary/aromatic N) is 1. The summed E-state index contributed by atoms with van der Waals surface area (Å²) in [6.07, 6.45) is 7.10. The van der Waals surface area contributed by atoms with E-state index in [0.717, 1.165) is 24.3 Å². The van der Waals surface area contributed by atoms with Crippen LogP contribution >= 0.6 is 12.2 Å². The van der Waals surface area contributed by atoms with Gasteiger partial charge in [-0.3, -0.25) is 4.79 Å². The highest BCUT2D eigenvalue weighted by Crippen LogP contribution is 2.40. The smallest absolute Gasteiger partial charge is 0.155 e. The van der Waals surface area contributed by atoms with Gasteiger partial charge in [-0.25, -0.2) is 0 Å². The van der Waals surface area contributed by atoms with Crippen molar-refractivity contribution in [2.45, 2.75) is 65.5 Å². The monoisotopic (exact) mass is 267 g/mol. The molecule has 1 fully saturated rings. The summed E-state index contributed by atoms with van der Waals surface area (Å²) >= 11 is 5.52. The summed E-state index contributed by atoms with van der Waals surface area (Å²) in [5.41, 5.74) is -0.327. The van der Waals surface area contributed by atoms with Gasteiger partial charge in [-0.1, -0.05) is 32.1 Å². The lowest BCUT2D eigenvalue weighted by Crippen LogP contribution is -2.62. The average Bonchev–Trinajstić information content (AvgIpc) is 2.18. The molecule has 2 nitrogen and oxygen atoms in total. The highest BCUT2D eigenvalue weighted by molar-refractivity contribution is 7.80. The minimum Gasteiger partial charge on any atom is -0.348 e. The molecule has 1 saturated carbocycles. The first-order valence-corrected chi connectivity index (χ1v) is 7.24. The summed E-state index contributed by atoms with van der Waals surface area (Å²) in [6.45, 7) is 10.2. The van der Waals surface area contributed by atoms with Gasteiger partial charge in [-0.05, 0) is 52.0 Å². The molecule has 0 aromatic rings. The van der Waals surface area contributed by atoms with Crippen molar-refractivity contribution in [3.05, 3.63) is 12.2 Å². The lowest BCUT2D eigenvalue weighted by molar-refractivity contribution is -0.132. The van der Waals surface area contributed by atoms with E-state index in [1.54, 1.807) is 6.92 Å². The number of allylic oxidation sites excluding steroid dienone is 1. The Hall–Kier alpha value is -0.700. The molecule has 0 aromatic heterocycles. The number of carbonyl (C=O) groups excluding carboxylic acids is 1. The highest BCUT2D eigenvalue weighted by Gasteiger charge is 2.48. The molecule has 0 heterocycles. The van der Waals surface area contributed by atoms with Crippen molar-refractivity contribution in [1.82, 2.24) is 4.90 Å². The standard InChI is InChI=1S/C15H25NOS/c1-11(2)7-8-14(18)16(12(3)4)15(13(5)17)9-6-10-15/h7-8,11-12H,6,9-10H2,1-5H3/b8-7+. The predicted octanol–water partition coefficient (Wildman–Crippen LogP) is 3.75. The fraction of sp³-hybridized carbons (Fsp3) is 0.733. The molecule has 0 aliphatic heterocycles. The third-order valence-corrected chi connectivity index (χ3v) is 4.01. The summed E-state index contributed by atoms with van der Waals surface area (Å²) in [6, 6.07) is 0.263. The molecule has 0 saturated heterocycles. The summed E-state index contributed by atoms with van der Waals surface area (Å²) in [7, 11) is 0. The molecule has 0 aromatic carbocycles. The van der Waals surface area contributed by atoms with Crippen LogP contribution in [0.5, 0.6) is 0 Å². The zero-order valence-corrected chi connectivity index (χ0v) is 13.0. The minimum atomic E-state index is -0.327. The zero-order chi connectivity index (χ0) is 13.9. The minimum absolute atomic E-state index is 0.253. The van der Waals surface area contributed by atoms with Crippen molar-refractivity contribution in [2.24, 2.45) is 5.92 Å². The van der Waals surface area contributed by atoms with Crippen molar-refractivity contribution >= 4 is 23.0 Å². The van der Waals surface area contributed by atoms with Crippen LogP contribution in [-0.2, 0) is 4.79 Å². The number of hydrogen-bond acceptors (Lipinski definition) is 2. The molecule has 0 radical (unpaired) electrons. The molecule has 0 spiro atoms. The molecule has 3 heteroatoms. The Morgan fingerprint density at radius 3 is 2.11 bits per heavy atom. The van der Waals surface area contributed by atoms with Gasteiger partial charge in [0.15, 0.2) is 5.78 Å². The Morgan fingerprint density at radius 1 is 1.28 bits per heavy atom. The molecule has 1 rings (SSSR count). The van der Waals surface area contributed by atoms with E-state index >= 15 is 0 Å². The van der Waals surface area contributed by atoms with Crippen LogP contribution in [0.25, 0.3) is 0 Å².